The summed E-state index contributed by atoms with van der Waals surface area (Å²) in [6.07, 6.45) is 3.90. The fourth-order valence-electron chi connectivity index (χ4n) is 2.36. The first-order chi connectivity index (χ1) is 11.2. The largest absolute Gasteiger partial charge is 0.494 e. The van der Waals surface area contributed by atoms with Crippen molar-refractivity contribution in [1.82, 2.24) is 10.2 Å². The molecular formula is C17H23FN2O3. The fourth-order valence-corrected chi connectivity index (χ4v) is 2.36. The molecule has 0 saturated carbocycles. The van der Waals surface area contributed by atoms with E-state index < -0.39 is 5.82 Å². The summed E-state index contributed by atoms with van der Waals surface area (Å²) < 4.78 is 23.7. The van der Waals surface area contributed by atoms with E-state index in [2.05, 4.69) is 10.2 Å². The van der Waals surface area contributed by atoms with E-state index in [1.807, 2.05) is 0 Å². The molecule has 0 aliphatic carbocycles. The molecule has 1 aromatic rings. The molecule has 1 saturated heterocycles. The molecule has 0 spiro atoms. The van der Waals surface area contributed by atoms with Crippen LogP contribution in [0.15, 0.2) is 24.3 Å². The summed E-state index contributed by atoms with van der Waals surface area (Å²) in [5.41, 5.74) is 0.617. The molecule has 1 heterocycles. The number of methoxy groups -OCH3 is 1. The smallest absolute Gasteiger partial charge is 0.243 e. The standard InChI is InChI=1S/C17H23FN2O3/c1-22-16-5-3-14(13-15(16)18)4-6-17(21)19-7-2-8-20-9-11-23-12-10-20/h3-6,13H,2,7-12H2,1H3,(H,19,21). The highest BCUT2D eigenvalue weighted by Gasteiger charge is 2.09. The number of amides is 1. The monoisotopic (exact) mass is 322 g/mol. The Morgan fingerprint density at radius 1 is 1.43 bits per heavy atom. The first-order valence-corrected chi connectivity index (χ1v) is 7.78. The molecule has 1 fully saturated rings. The van der Waals surface area contributed by atoms with Crippen molar-refractivity contribution in [1.29, 1.82) is 0 Å². The van der Waals surface area contributed by atoms with E-state index in [1.165, 1.54) is 25.3 Å². The summed E-state index contributed by atoms with van der Waals surface area (Å²) in [5, 5.41) is 2.83. The van der Waals surface area contributed by atoms with Crippen molar-refractivity contribution in [2.45, 2.75) is 6.42 Å². The van der Waals surface area contributed by atoms with Crippen LogP contribution >= 0.6 is 0 Å². The van der Waals surface area contributed by atoms with Gasteiger partial charge in [-0.15, -0.1) is 0 Å². The third kappa shape index (κ3) is 6.00. The van der Waals surface area contributed by atoms with E-state index in [4.69, 9.17) is 9.47 Å². The highest BCUT2D eigenvalue weighted by atomic mass is 19.1. The third-order valence-corrected chi connectivity index (χ3v) is 3.66. The molecule has 23 heavy (non-hydrogen) atoms. The van der Waals surface area contributed by atoms with Gasteiger partial charge in [0.2, 0.25) is 5.91 Å². The second-order valence-electron chi connectivity index (χ2n) is 5.33. The summed E-state index contributed by atoms with van der Waals surface area (Å²) in [7, 11) is 1.41. The van der Waals surface area contributed by atoms with Crippen LogP contribution in [0, 0.1) is 5.82 Å². The molecule has 0 unspecified atom stereocenters. The fraction of sp³-hybridized carbons (Fsp3) is 0.471. The van der Waals surface area contributed by atoms with Crippen molar-refractivity contribution < 1.29 is 18.7 Å². The lowest BCUT2D eigenvalue weighted by molar-refractivity contribution is -0.116. The number of halogens is 1. The highest BCUT2D eigenvalue weighted by molar-refractivity contribution is 5.91. The van der Waals surface area contributed by atoms with Gasteiger partial charge >= 0.3 is 0 Å². The van der Waals surface area contributed by atoms with E-state index in [0.29, 0.717) is 12.1 Å². The topological polar surface area (TPSA) is 50.8 Å². The van der Waals surface area contributed by atoms with Gasteiger partial charge in [-0.25, -0.2) is 4.39 Å². The zero-order valence-electron chi connectivity index (χ0n) is 13.4. The summed E-state index contributed by atoms with van der Waals surface area (Å²) >= 11 is 0. The van der Waals surface area contributed by atoms with Gasteiger partial charge in [-0.1, -0.05) is 6.07 Å². The Hall–Kier alpha value is -1.92. The van der Waals surface area contributed by atoms with Crippen molar-refractivity contribution in [3.05, 3.63) is 35.7 Å². The maximum absolute atomic E-state index is 13.5. The number of nitrogens with one attached hydrogen (secondary N) is 1. The Balaban J connectivity index is 1.68. The zero-order valence-corrected chi connectivity index (χ0v) is 13.4. The lowest BCUT2D eigenvalue weighted by atomic mass is 10.2. The van der Waals surface area contributed by atoms with Gasteiger partial charge in [0.15, 0.2) is 11.6 Å². The number of ether oxygens (including phenoxy) is 2. The third-order valence-electron chi connectivity index (χ3n) is 3.66. The van der Waals surface area contributed by atoms with Crippen LogP contribution in [0.1, 0.15) is 12.0 Å². The molecule has 126 valence electrons. The number of rotatable bonds is 7. The highest BCUT2D eigenvalue weighted by Crippen LogP contribution is 2.18. The maximum atomic E-state index is 13.5. The van der Waals surface area contributed by atoms with Crippen LogP contribution in [-0.4, -0.2) is 57.3 Å². The number of hydrogen-bond donors (Lipinski definition) is 1. The zero-order chi connectivity index (χ0) is 16.5. The van der Waals surface area contributed by atoms with Gasteiger partial charge in [0.1, 0.15) is 0 Å². The van der Waals surface area contributed by atoms with Crippen molar-refractivity contribution in [3.8, 4) is 5.75 Å². The van der Waals surface area contributed by atoms with E-state index >= 15 is 0 Å². The average Bonchev–Trinajstić information content (AvgIpc) is 2.58. The number of hydrogen-bond acceptors (Lipinski definition) is 4. The van der Waals surface area contributed by atoms with Gasteiger partial charge in [-0.3, -0.25) is 9.69 Å². The van der Waals surface area contributed by atoms with Crippen LogP contribution in [0.4, 0.5) is 4.39 Å². The van der Waals surface area contributed by atoms with E-state index in [9.17, 15) is 9.18 Å². The molecule has 0 atom stereocenters. The normalized spacial score (nSPS) is 15.7. The molecule has 1 aromatic carbocycles. The Morgan fingerprint density at radius 3 is 2.91 bits per heavy atom. The van der Waals surface area contributed by atoms with Crippen LogP contribution in [0.25, 0.3) is 6.08 Å². The maximum Gasteiger partial charge on any atom is 0.243 e. The molecule has 2 rings (SSSR count). The molecule has 1 amide bonds. The van der Waals surface area contributed by atoms with Crippen molar-refractivity contribution in [2.24, 2.45) is 0 Å². The van der Waals surface area contributed by atoms with Crippen molar-refractivity contribution in [2.75, 3.05) is 46.5 Å². The molecule has 0 radical (unpaired) electrons. The van der Waals surface area contributed by atoms with E-state index in [0.717, 1.165) is 39.3 Å². The summed E-state index contributed by atoms with van der Waals surface area (Å²) in [6, 6.07) is 4.57. The molecule has 0 bridgehead atoms. The summed E-state index contributed by atoms with van der Waals surface area (Å²) in [5.74, 6) is -0.432. The van der Waals surface area contributed by atoms with Crippen LogP contribution in [-0.2, 0) is 9.53 Å². The van der Waals surface area contributed by atoms with Gasteiger partial charge in [0.05, 0.1) is 20.3 Å². The Bertz CT molecular complexity index is 543. The van der Waals surface area contributed by atoms with Crippen molar-refractivity contribution >= 4 is 12.0 Å². The first kappa shape index (κ1) is 17.4. The van der Waals surface area contributed by atoms with Gasteiger partial charge in [0.25, 0.3) is 0 Å². The quantitative estimate of drug-likeness (QED) is 0.613. The molecule has 5 nitrogen and oxygen atoms in total. The second-order valence-corrected chi connectivity index (χ2v) is 5.33. The predicted molar refractivity (Wildman–Crippen MR) is 86.9 cm³/mol. The van der Waals surface area contributed by atoms with Gasteiger partial charge in [-0.2, -0.15) is 0 Å². The van der Waals surface area contributed by atoms with Gasteiger partial charge in [0, 0.05) is 25.7 Å². The van der Waals surface area contributed by atoms with Crippen molar-refractivity contribution in [3.63, 3.8) is 0 Å². The molecule has 1 aliphatic heterocycles. The minimum atomic E-state index is -0.444. The Labute approximate surface area is 136 Å². The number of carbonyl (C=O) groups is 1. The summed E-state index contributed by atoms with van der Waals surface area (Å²) in [4.78, 5) is 14.1. The Morgan fingerprint density at radius 2 is 2.22 bits per heavy atom. The SMILES string of the molecule is COc1ccc(C=CC(=O)NCCCN2CCOCC2)cc1F. The van der Waals surface area contributed by atoms with Crippen LogP contribution < -0.4 is 10.1 Å². The lowest BCUT2D eigenvalue weighted by Gasteiger charge is -2.26. The number of nitrogens with zero attached hydrogens (tertiary/aromatic N) is 1. The lowest BCUT2D eigenvalue weighted by Crippen LogP contribution is -2.38. The van der Waals surface area contributed by atoms with Gasteiger partial charge < -0.3 is 14.8 Å². The number of carbonyl (C=O) groups excluding carboxylic acids is 1. The molecule has 0 aromatic heterocycles. The van der Waals surface area contributed by atoms with E-state index in [1.54, 1.807) is 12.1 Å². The average molecular weight is 322 g/mol. The molecule has 6 heteroatoms. The molecule has 1 aliphatic rings. The predicted octanol–water partition coefficient (Wildman–Crippen LogP) is 1.69. The first-order valence-electron chi connectivity index (χ1n) is 7.78. The van der Waals surface area contributed by atoms with E-state index in [-0.39, 0.29) is 11.7 Å². The molecular weight excluding hydrogens is 299 g/mol. The van der Waals surface area contributed by atoms with Gasteiger partial charge in [-0.05, 0) is 36.7 Å². The van der Waals surface area contributed by atoms with Crippen LogP contribution in [0.5, 0.6) is 5.75 Å². The second kappa shape index (κ2) is 9.27. The van der Waals surface area contributed by atoms with Crippen LogP contribution in [0.2, 0.25) is 0 Å². The number of benzene rings is 1. The molecule has 1 N–H and O–H groups in total. The van der Waals surface area contributed by atoms with Crippen LogP contribution in [0.3, 0.4) is 0 Å². The minimum Gasteiger partial charge on any atom is -0.494 e. The Kier molecular flexibility index (Phi) is 7.03. The number of morpholine rings is 1. The minimum absolute atomic E-state index is 0.178. The summed E-state index contributed by atoms with van der Waals surface area (Å²) in [6.45, 7) is 5.06.